The van der Waals surface area contributed by atoms with Crippen LogP contribution in [0.1, 0.15) is 24.8 Å². The molecule has 1 aliphatic heterocycles. The van der Waals surface area contributed by atoms with Gasteiger partial charge in [-0.05, 0) is 18.4 Å². The molecule has 0 bridgehead atoms. The van der Waals surface area contributed by atoms with E-state index in [0.717, 1.165) is 0 Å². The molecule has 1 saturated heterocycles. The van der Waals surface area contributed by atoms with Gasteiger partial charge in [-0.3, -0.25) is 9.59 Å². The number of hydrogen-bond acceptors (Lipinski definition) is 4. The maximum absolute atomic E-state index is 12.1. The molecule has 6 nitrogen and oxygen atoms in total. The van der Waals surface area contributed by atoms with Gasteiger partial charge in [-0.1, -0.05) is 30.3 Å². The average molecular weight is 339 g/mol. The Morgan fingerprint density at radius 2 is 1.91 bits per heavy atom. The van der Waals surface area contributed by atoms with Crippen LogP contribution in [-0.2, 0) is 25.2 Å². The van der Waals surface area contributed by atoms with E-state index in [1.54, 1.807) is 24.3 Å². The Hall–Kier alpha value is -1.89. The number of carboxylic acid groups (broad SMARTS) is 1. The van der Waals surface area contributed by atoms with Crippen LogP contribution >= 0.6 is 0 Å². The van der Waals surface area contributed by atoms with Crippen LogP contribution in [0.2, 0.25) is 0 Å². The van der Waals surface area contributed by atoms with E-state index in [1.807, 2.05) is 6.07 Å². The first kappa shape index (κ1) is 17.5. The van der Waals surface area contributed by atoms with E-state index in [9.17, 15) is 18.0 Å². The zero-order valence-electron chi connectivity index (χ0n) is 12.8. The Kier molecular flexibility index (Phi) is 5.76. The van der Waals surface area contributed by atoms with Gasteiger partial charge in [0.25, 0.3) is 0 Å². The molecule has 1 aliphatic rings. The van der Waals surface area contributed by atoms with Crippen LogP contribution < -0.4 is 0 Å². The lowest BCUT2D eigenvalue weighted by Gasteiger charge is -2.30. The number of carbonyl (C=O) groups is 2. The smallest absolute Gasteiger partial charge is 0.308 e. The minimum Gasteiger partial charge on any atom is -0.481 e. The average Bonchev–Trinajstić information content (AvgIpc) is 2.53. The highest BCUT2D eigenvalue weighted by Gasteiger charge is 2.28. The lowest BCUT2D eigenvalue weighted by Crippen LogP contribution is -2.42. The van der Waals surface area contributed by atoms with Crippen LogP contribution in [0, 0.1) is 5.92 Å². The van der Waals surface area contributed by atoms with Gasteiger partial charge in [0.1, 0.15) is 0 Å². The summed E-state index contributed by atoms with van der Waals surface area (Å²) in [4.78, 5) is 24.6. The molecular weight excluding hydrogens is 318 g/mol. The number of amides is 1. The molecule has 1 heterocycles. The van der Waals surface area contributed by atoms with Crippen molar-refractivity contribution < 1.29 is 23.1 Å². The molecule has 23 heavy (non-hydrogen) atoms. The van der Waals surface area contributed by atoms with Crippen LogP contribution in [0.25, 0.3) is 0 Å². The number of benzene rings is 1. The normalized spacial score (nSPS) is 18.6. The highest BCUT2D eigenvalue weighted by molar-refractivity contribution is 7.90. The third-order valence-corrected chi connectivity index (χ3v) is 5.58. The topological polar surface area (TPSA) is 91.8 Å². The predicted molar refractivity (Wildman–Crippen MR) is 85.5 cm³/mol. The fourth-order valence-electron chi connectivity index (χ4n) is 2.71. The standard InChI is InChI=1S/C16H21NO5S/c18-15(17-9-4-7-14(11-17)16(19)20)8-10-23(21,22)12-13-5-2-1-3-6-13/h1-3,5-6,14H,4,7-12H2,(H,19,20). The molecule has 1 fully saturated rings. The summed E-state index contributed by atoms with van der Waals surface area (Å²) in [7, 11) is -3.36. The zero-order valence-corrected chi connectivity index (χ0v) is 13.7. The number of likely N-dealkylation sites (tertiary alicyclic amines) is 1. The number of hydrogen-bond donors (Lipinski definition) is 1. The van der Waals surface area contributed by atoms with Crippen LogP contribution in [0.3, 0.4) is 0 Å². The van der Waals surface area contributed by atoms with Gasteiger partial charge >= 0.3 is 5.97 Å². The maximum atomic E-state index is 12.1. The number of aliphatic carboxylic acids is 1. The van der Waals surface area contributed by atoms with Gasteiger partial charge in [0.05, 0.1) is 17.4 Å². The SMILES string of the molecule is O=C(O)C1CCCN(C(=O)CCS(=O)(=O)Cc2ccccc2)C1. The molecule has 1 aromatic carbocycles. The molecule has 1 unspecified atom stereocenters. The predicted octanol–water partition coefficient (Wildman–Crippen LogP) is 1.31. The van der Waals surface area contributed by atoms with Gasteiger partial charge in [-0.15, -0.1) is 0 Å². The van der Waals surface area contributed by atoms with Crippen molar-refractivity contribution in [2.45, 2.75) is 25.0 Å². The molecule has 0 radical (unpaired) electrons. The molecule has 1 amide bonds. The summed E-state index contributed by atoms with van der Waals surface area (Å²) in [5.74, 6) is -2.03. The third kappa shape index (κ3) is 5.35. The quantitative estimate of drug-likeness (QED) is 0.844. The van der Waals surface area contributed by atoms with E-state index in [1.165, 1.54) is 4.90 Å². The fourth-order valence-corrected chi connectivity index (χ4v) is 4.04. The van der Waals surface area contributed by atoms with E-state index < -0.39 is 21.7 Å². The Morgan fingerprint density at radius 1 is 1.22 bits per heavy atom. The first-order valence-electron chi connectivity index (χ1n) is 7.62. The minimum absolute atomic E-state index is 0.0845. The molecule has 0 aliphatic carbocycles. The van der Waals surface area contributed by atoms with E-state index in [-0.39, 0.29) is 30.4 Å². The van der Waals surface area contributed by atoms with Crippen molar-refractivity contribution >= 4 is 21.7 Å². The summed E-state index contributed by atoms with van der Waals surface area (Å²) in [5.41, 5.74) is 0.698. The first-order valence-corrected chi connectivity index (χ1v) is 9.44. The van der Waals surface area contributed by atoms with Gasteiger partial charge in [0.15, 0.2) is 9.84 Å². The van der Waals surface area contributed by atoms with Crippen molar-refractivity contribution in [3.8, 4) is 0 Å². The molecule has 0 aromatic heterocycles. The molecule has 1 atom stereocenters. The van der Waals surface area contributed by atoms with Gasteiger partial charge in [0, 0.05) is 19.5 Å². The molecule has 1 N–H and O–H groups in total. The van der Waals surface area contributed by atoms with Gasteiger partial charge in [-0.25, -0.2) is 8.42 Å². The van der Waals surface area contributed by atoms with Gasteiger partial charge in [-0.2, -0.15) is 0 Å². The van der Waals surface area contributed by atoms with Crippen LogP contribution in [-0.4, -0.2) is 49.1 Å². The van der Waals surface area contributed by atoms with E-state index in [0.29, 0.717) is 24.9 Å². The Morgan fingerprint density at radius 3 is 2.57 bits per heavy atom. The summed E-state index contributed by atoms with van der Waals surface area (Å²) in [6.45, 7) is 0.675. The third-order valence-electron chi connectivity index (χ3n) is 3.98. The number of carboxylic acids is 1. The van der Waals surface area contributed by atoms with Crippen LogP contribution in [0.15, 0.2) is 30.3 Å². The second-order valence-electron chi connectivity index (χ2n) is 5.84. The molecule has 0 saturated carbocycles. The second kappa shape index (κ2) is 7.59. The van der Waals surface area contributed by atoms with Gasteiger partial charge in [0.2, 0.25) is 5.91 Å². The summed E-state index contributed by atoms with van der Waals surface area (Å²) in [6, 6.07) is 8.84. The van der Waals surface area contributed by atoms with Crippen LogP contribution in [0.5, 0.6) is 0 Å². The summed E-state index contributed by atoms with van der Waals surface area (Å²) >= 11 is 0. The molecule has 2 rings (SSSR count). The molecule has 126 valence electrons. The monoisotopic (exact) mass is 339 g/mol. The number of piperidine rings is 1. The first-order chi connectivity index (χ1) is 10.9. The summed E-state index contributed by atoms with van der Waals surface area (Å²) < 4.78 is 24.2. The zero-order chi connectivity index (χ0) is 16.9. The van der Waals surface area contributed by atoms with E-state index >= 15 is 0 Å². The van der Waals surface area contributed by atoms with Gasteiger partial charge < -0.3 is 10.0 Å². The van der Waals surface area contributed by atoms with Crippen molar-refractivity contribution in [2.75, 3.05) is 18.8 Å². The maximum Gasteiger partial charge on any atom is 0.308 e. The lowest BCUT2D eigenvalue weighted by molar-refractivity contribution is -0.145. The molecule has 7 heteroatoms. The minimum atomic E-state index is -3.36. The second-order valence-corrected chi connectivity index (χ2v) is 8.03. The highest BCUT2D eigenvalue weighted by atomic mass is 32.2. The van der Waals surface area contributed by atoms with E-state index in [2.05, 4.69) is 0 Å². The summed E-state index contributed by atoms with van der Waals surface area (Å²) in [5, 5.41) is 9.03. The van der Waals surface area contributed by atoms with Crippen molar-refractivity contribution in [3.05, 3.63) is 35.9 Å². The largest absolute Gasteiger partial charge is 0.481 e. The highest BCUT2D eigenvalue weighted by Crippen LogP contribution is 2.18. The van der Waals surface area contributed by atoms with Crippen molar-refractivity contribution in [3.63, 3.8) is 0 Å². The lowest BCUT2D eigenvalue weighted by atomic mass is 9.98. The van der Waals surface area contributed by atoms with Crippen LogP contribution in [0.4, 0.5) is 0 Å². The number of sulfone groups is 1. The Balaban J connectivity index is 1.87. The van der Waals surface area contributed by atoms with E-state index in [4.69, 9.17) is 5.11 Å². The van der Waals surface area contributed by atoms with Crippen molar-refractivity contribution in [1.29, 1.82) is 0 Å². The number of carbonyl (C=O) groups excluding carboxylic acids is 1. The number of nitrogens with zero attached hydrogens (tertiary/aromatic N) is 1. The van der Waals surface area contributed by atoms with Crippen molar-refractivity contribution in [1.82, 2.24) is 4.90 Å². The van der Waals surface area contributed by atoms with Crippen molar-refractivity contribution in [2.24, 2.45) is 5.92 Å². The molecule has 1 aromatic rings. The molecular formula is C16H21NO5S. The summed E-state index contributed by atoms with van der Waals surface area (Å²) in [6.07, 6.45) is 1.10. The Labute approximate surface area is 136 Å². The Bertz CT molecular complexity index is 656. The molecule has 0 spiro atoms. The fraction of sp³-hybridized carbons (Fsp3) is 0.500. The number of rotatable bonds is 6.